The average molecular weight is 496 g/mol. The highest BCUT2D eigenvalue weighted by Crippen LogP contribution is 2.38. The van der Waals surface area contributed by atoms with Gasteiger partial charge in [-0.3, -0.25) is 14.5 Å². The van der Waals surface area contributed by atoms with Gasteiger partial charge < -0.3 is 14.2 Å². The Kier molecular flexibility index (Phi) is 7.38. The van der Waals surface area contributed by atoms with Crippen molar-refractivity contribution in [2.24, 2.45) is 0 Å². The van der Waals surface area contributed by atoms with Crippen LogP contribution in [0, 0.1) is 5.82 Å². The number of nitrogens with zero attached hydrogens (tertiary/aromatic N) is 1. The summed E-state index contributed by atoms with van der Waals surface area (Å²) in [5.41, 5.74) is 0.684. The predicted molar refractivity (Wildman–Crippen MR) is 116 cm³/mol. The zero-order chi connectivity index (χ0) is 21.7. The Morgan fingerprint density at radius 1 is 1.13 bits per heavy atom. The fourth-order valence-electron chi connectivity index (χ4n) is 2.71. The van der Waals surface area contributed by atoms with E-state index in [1.54, 1.807) is 18.2 Å². The van der Waals surface area contributed by atoms with Gasteiger partial charge in [-0.25, -0.2) is 4.39 Å². The molecule has 2 aromatic rings. The maximum Gasteiger partial charge on any atom is 0.293 e. The minimum Gasteiger partial charge on any atom is -0.493 e. The first-order valence-electron chi connectivity index (χ1n) is 9.07. The van der Waals surface area contributed by atoms with Crippen LogP contribution in [0.5, 0.6) is 17.2 Å². The minimum atomic E-state index is -0.396. The van der Waals surface area contributed by atoms with E-state index in [1.807, 2.05) is 6.92 Å². The van der Waals surface area contributed by atoms with Gasteiger partial charge in [0.25, 0.3) is 11.1 Å². The van der Waals surface area contributed by atoms with Gasteiger partial charge in [-0.15, -0.1) is 0 Å². The molecule has 0 saturated carbocycles. The highest BCUT2D eigenvalue weighted by atomic mass is 79.9. The monoisotopic (exact) mass is 495 g/mol. The number of ether oxygens (including phenoxy) is 3. The normalized spacial score (nSPS) is 15.1. The zero-order valence-corrected chi connectivity index (χ0v) is 18.7. The van der Waals surface area contributed by atoms with Crippen LogP contribution in [0.3, 0.4) is 0 Å². The summed E-state index contributed by atoms with van der Waals surface area (Å²) in [5, 5.41) is -0.372. The van der Waals surface area contributed by atoms with Gasteiger partial charge in [0.2, 0.25) is 0 Å². The third kappa shape index (κ3) is 5.14. The molecule has 1 heterocycles. The Balaban J connectivity index is 1.70. The van der Waals surface area contributed by atoms with Crippen LogP contribution in [0.2, 0.25) is 0 Å². The summed E-state index contributed by atoms with van der Waals surface area (Å²) in [6, 6.07) is 9.03. The molecular formula is C21H19BrFNO5S. The number of hydrogen-bond donors (Lipinski definition) is 0. The molecule has 2 amide bonds. The van der Waals surface area contributed by atoms with Crippen LogP contribution in [-0.4, -0.2) is 42.9 Å². The van der Waals surface area contributed by atoms with Crippen LogP contribution in [-0.2, 0) is 4.79 Å². The lowest BCUT2D eigenvalue weighted by Gasteiger charge is -2.13. The number of rotatable bonds is 8. The molecule has 0 unspecified atom stereocenters. The van der Waals surface area contributed by atoms with Crippen molar-refractivity contribution in [1.82, 2.24) is 4.90 Å². The molecule has 3 rings (SSSR count). The third-order valence-electron chi connectivity index (χ3n) is 4.14. The van der Waals surface area contributed by atoms with Crippen LogP contribution in [0.15, 0.2) is 45.8 Å². The lowest BCUT2D eigenvalue weighted by atomic mass is 10.2. The lowest BCUT2D eigenvalue weighted by Crippen LogP contribution is -2.32. The quantitative estimate of drug-likeness (QED) is 0.474. The summed E-state index contributed by atoms with van der Waals surface area (Å²) in [5.74, 6) is 0.806. The van der Waals surface area contributed by atoms with Crippen molar-refractivity contribution in [3.8, 4) is 17.2 Å². The Bertz CT molecular complexity index is 980. The molecule has 2 aromatic carbocycles. The second kappa shape index (κ2) is 9.99. The van der Waals surface area contributed by atoms with Crippen LogP contribution in [0.4, 0.5) is 9.18 Å². The molecule has 6 nitrogen and oxygen atoms in total. The molecule has 1 saturated heterocycles. The summed E-state index contributed by atoms with van der Waals surface area (Å²) in [6.07, 6.45) is 1.63. The van der Waals surface area contributed by atoms with E-state index in [4.69, 9.17) is 14.2 Å². The molecule has 158 valence electrons. The van der Waals surface area contributed by atoms with Crippen molar-refractivity contribution in [3.05, 3.63) is 57.2 Å². The number of carbonyl (C=O) groups is 2. The highest BCUT2D eigenvalue weighted by Gasteiger charge is 2.35. The molecule has 1 aliphatic rings. The van der Waals surface area contributed by atoms with Crippen molar-refractivity contribution >= 4 is 44.9 Å². The van der Waals surface area contributed by atoms with Crippen LogP contribution >= 0.6 is 27.7 Å². The number of imide groups is 1. The van der Waals surface area contributed by atoms with Gasteiger partial charge >= 0.3 is 0 Å². The average Bonchev–Trinajstić information content (AvgIpc) is 2.99. The smallest absolute Gasteiger partial charge is 0.293 e. The summed E-state index contributed by atoms with van der Waals surface area (Å²) < 4.78 is 30.0. The Labute approximate surface area is 186 Å². The highest BCUT2D eigenvalue weighted by molar-refractivity contribution is 9.10. The maximum atomic E-state index is 12.9. The molecule has 1 aliphatic heterocycles. The topological polar surface area (TPSA) is 65.1 Å². The van der Waals surface area contributed by atoms with E-state index in [0.717, 1.165) is 16.7 Å². The molecule has 0 bridgehead atoms. The zero-order valence-electron chi connectivity index (χ0n) is 16.3. The van der Waals surface area contributed by atoms with Gasteiger partial charge in [0, 0.05) is 4.47 Å². The van der Waals surface area contributed by atoms with Crippen molar-refractivity contribution in [1.29, 1.82) is 0 Å². The summed E-state index contributed by atoms with van der Waals surface area (Å²) >= 11 is 4.33. The van der Waals surface area contributed by atoms with Crippen molar-refractivity contribution in [2.45, 2.75) is 6.92 Å². The van der Waals surface area contributed by atoms with Gasteiger partial charge in [0.05, 0.1) is 25.2 Å². The number of amides is 2. The molecule has 0 aliphatic carbocycles. The standard InChI is InChI=1S/C21H19BrFNO5S/c1-3-28-18-12-16(22)13(10-17(18)27-2)11-19-20(25)24(21(26)30-19)8-9-29-15-6-4-14(23)5-7-15/h4-7,10-12H,3,8-9H2,1-2H3/b19-11-. The van der Waals surface area contributed by atoms with E-state index < -0.39 is 5.91 Å². The molecule has 0 aromatic heterocycles. The van der Waals surface area contributed by atoms with Gasteiger partial charge in [0.1, 0.15) is 18.2 Å². The number of thioether (sulfide) groups is 1. The summed E-state index contributed by atoms with van der Waals surface area (Å²) in [7, 11) is 1.53. The Morgan fingerprint density at radius 3 is 2.53 bits per heavy atom. The van der Waals surface area contributed by atoms with Crippen molar-refractivity contribution < 1.29 is 28.2 Å². The number of carbonyl (C=O) groups excluding carboxylic acids is 2. The van der Waals surface area contributed by atoms with Crippen LogP contribution < -0.4 is 14.2 Å². The van der Waals surface area contributed by atoms with Crippen LogP contribution in [0.1, 0.15) is 12.5 Å². The Morgan fingerprint density at radius 2 is 1.87 bits per heavy atom. The number of methoxy groups -OCH3 is 1. The van der Waals surface area contributed by atoms with E-state index in [0.29, 0.717) is 38.8 Å². The summed E-state index contributed by atoms with van der Waals surface area (Å²) in [4.78, 5) is 26.4. The van der Waals surface area contributed by atoms with Crippen molar-refractivity contribution in [2.75, 3.05) is 26.9 Å². The van der Waals surface area contributed by atoms with Crippen molar-refractivity contribution in [3.63, 3.8) is 0 Å². The fourth-order valence-corrected chi connectivity index (χ4v) is 4.00. The van der Waals surface area contributed by atoms with Gasteiger partial charge in [-0.1, -0.05) is 15.9 Å². The molecule has 9 heteroatoms. The summed E-state index contributed by atoms with van der Waals surface area (Å²) in [6.45, 7) is 2.56. The molecule has 0 radical (unpaired) electrons. The number of halogens is 2. The minimum absolute atomic E-state index is 0.0904. The number of benzene rings is 2. The first-order valence-corrected chi connectivity index (χ1v) is 10.7. The van der Waals surface area contributed by atoms with E-state index in [2.05, 4.69) is 15.9 Å². The van der Waals surface area contributed by atoms with Gasteiger partial charge in [0.15, 0.2) is 11.5 Å². The van der Waals surface area contributed by atoms with E-state index in [9.17, 15) is 14.0 Å². The third-order valence-corrected chi connectivity index (χ3v) is 5.73. The molecule has 0 atom stereocenters. The first-order chi connectivity index (χ1) is 14.4. The molecule has 1 fully saturated rings. The first kappa shape index (κ1) is 22.2. The second-order valence-electron chi connectivity index (χ2n) is 6.09. The van der Waals surface area contributed by atoms with Gasteiger partial charge in [-0.05, 0) is 66.7 Å². The Hall–Kier alpha value is -2.52. The SMILES string of the molecule is CCOc1cc(Br)c(/C=C2\SC(=O)N(CCOc3ccc(F)cc3)C2=O)cc1OC. The second-order valence-corrected chi connectivity index (χ2v) is 7.94. The van der Waals surface area contributed by atoms with Crippen LogP contribution in [0.25, 0.3) is 6.08 Å². The van der Waals surface area contributed by atoms with E-state index in [1.165, 1.54) is 31.4 Å². The number of hydrogen-bond acceptors (Lipinski definition) is 6. The molecular weight excluding hydrogens is 477 g/mol. The molecule has 0 N–H and O–H groups in total. The van der Waals surface area contributed by atoms with E-state index >= 15 is 0 Å². The fraction of sp³-hybridized carbons (Fsp3) is 0.238. The molecule has 0 spiro atoms. The molecule has 30 heavy (non-hydrogen) atoms. The van der Waals surface area contributed by atoms with Gasteiger partial charge in [-0.2, -0.15) is 0 Å². The van der Waals surface area contributed by atoms with E-state index in [-0.39, 0.29) is 24.2 Å². The lowest BCUT2D eigenvalue weighted by molar-refractivity contribution is -0.123. The maximum absolute atomic E-state index is 12.9. The largest absolute Gasteiger partial charge is 0.493 e. The predicted octanol–water partition coefficient (Wildman–Crippen LogP) is 5.11.